The van der Waals surface area contributed by atoms with Crippen LogP contribution in [0.4, 0.5) is 5.69 Å². The molecular formula is C20H21ClN2O4. The first-order valence-electron chi connectivity index (χ1n) is 8.70. The lowest BCUT2D eigenvalue weighted by Crippen LogP contribution is -2.41. The van der Waals surface area contributed by atoms with Crippen LogP contribution in [0.15, 0.2) is 48.5 Å². The zero-order valence-corrected chi connectivity index (χ0v) is 15.8. The van der Waals surface area contributed by atoms with E-state index in [4.69, 9.17) is 21.1 Å². The average Bonchev–Trinajstić information content (AvgIpc) is 2.68. The summed E-state index contributed by atoms with van der Waals surface area (Å²) in [6, 6.07) is 14.5. The Balaban J connectivity index is 1.49. The first-order valence-corrected chi connectivity index (χ1v) is 9.07. The minimum absolute atomic E-state index is 0.00722. The van der Waals surface area contributed by atoms with Gasteiger partial charge in [0, 0.05) is 20.0 Å². The maximum Gasteiger partial charge on any atom is 0.265 e. The Kier molecular flexibility index (Phi) is 6.19. The van der Waals surface area contributed by atoms with Crippen molar-refractivity contribution in [2.45, 2.75) is 6.42 Å². The Bertz CT molecular complexity index is 827. The molecule has 1 aliphatic heterocycles. The minimum Gasteiger partial charge on any atom is -0.490 e. The Labute approximate surface area is 163 Å². The smallest absolute Gasteiger partial charge is 0.265 e. The molecule has 0 unspecified atom stereocenters. The Hall–Kier alpha value is -2.73. The van der Waals surface area contributed by atoms with Crippen molar-refractivity contribution in [2.24, 2.45) is 0 Å². The number of nitrogens with zero attached hydrogens (tertiary/aromatic N) is 2. The van der Waals surface area contributed by atoms with E-state index in [-0.39, 0.29) is 24.8 Å². The number of ether oxygens (including phenoxy) is 2. The number of halogens is 1. The van der Waals surface area contributed by atoms with Gasteiger partial charge in [-0.15, -0.1) is 0 Å². The Morgan fingerprint density at radius 3 is 2.78 bits per heavy atom. The van der Waals surface area contributed by atoms with Crippen LogP contribution < -0.4 is 14.4 Å². The summed E-state index contributed by atoms with van der Waals surface area (Å²) in [7, 11) is 1.72. The van der Waals surface area contributed by atoms with Crippen LogP contribution in [0.1, 0.15) is 6.42 Å². The third-order valence-electron chi connectivity index (χ3n) is 4.30. The topological polar surface area (TPSA) is 59.1 Å². The molecule has 0 fully saturated rings. The molecule has 0 saturated carbocycles. The molecule has 0 aromatic heterocycles. The van der Waals surface area contributed by atoms with Crippen molar-refractivity contribution in [1.29, 1.82) is 0 Å². The van der Waals surface area contributed by atoms with E-state index < -0.39 is 0 Å². The number of carbonyl (C=O) groups is 2. The molecule has 0 spiro atoms. The van der Waals surface area contributed by atoms with E-state index >= 15 is 0 Å². The molecule has 1 aliphatic rings. The summed E-state index contributed by atoms with van der Waals surface area (Å²) < 4.78 is 11.0. The highest BCUT2D eigenvalue weighted by Crippen LogP contribution is 2.31. The molecule has 0 radical (unpaired) electrons. The van der Waals surface area contributed by atoms with E-state index in [0.717, 1.165) is 0 Å². The zero-order chi connectivity index (χ0) is 19.2. The van der Waals surface area contributed by atoms with E-state index in [1.54, 1.807) is 29.0 Å². The second-order valence-corrected chi connectivity index (χ2v) is 6.55. The van der Waals surface area contributed by atoms with Gasteiger partial charge in [0.1, 0.15) is 18.1 Å². The maximum absolute atomic E-state index is 12.4. The molecule has 2 amide bonds. The molecule has 0 aliphatic carbocycles. The molecule has 0 bridgehead atoms. The third-order valence-corrected chi connectivity index (χ3v) is 4.62. The fraction of sp³-hybridized carbons (Fsp3) is 0.300. The Morgan fingerprint density at radius 2 is 1.96 bits per heavy atom. The number of hydrogen-bond donors (Lipinski definition) is 0. The van der Waals surface area contributed by atoms with Crippen LogP contribution in [0, 0.1) is 0 Å². The molecule has 2 aromatic rings. The molecule has 27 heavy (non-hydrogen) atoms. The molecular weight excluding hydrogens is 368 g/mol. The van der Waals surface area contributed by atoms with Crippen molar-refractivity contribution in [1.82, 2.24) is 4.90 Å². The number of amides is 2. The SMILES string of the molecule is CN(CCOc1ccccc1Cl)C(=O)CCN1C(=O)COc2ccccc21. The van der Waals surface area contributed by atoms with E-state index in [9.17, 15) is 9.59 Å². The van der Waals surface area contributed by atoms with Gasteiger partial charge in [0.25, 0.3) is 5.91 Å². The highest BCUT2D eigenvalue weighted by Gasteiger charge is 2.25. The summed E-state index contributed by atoms with van der Waals surface area (Å²) in [5, 5.41) is 0.538. The number of hydrogen-bond acceptors (Lipinski definition) is 4. The molecule has 3 rings (SSSR count). The molecule has 1 heterocycles. The first kappa shape index (κ1) is 19.0. The van der Waals surface area contributed by atoms with E-state index in [1.165, 1.54) is 0 Å². The summed E-state index contributed by atoms with van der Waals surface area (Å²) in [5.41, 5.74) is 0.700. The van der Waals surface area contributed by atoms with Gasteiger partial charge in [-0.25, -0.2) is 0 Å². The number of para-hydroxylation sites is 3. The fourth-order valence-corrected chi connectivity index (χ4v) is 2.97. The van der Waals surface area contributed by atoms with E-state index in [1.807, 2.05) is 36.4 Å². The standard InChI is InChI=1S/C20H21ClN2O4/c1-22(12-13-26-17-8-4-2-6-15(17)21)19(24)10-11-23-16-7-3-5-9-18(16)27-14-20(23)25/h2-9H,10-14H2,1H3. The van der Waals surface area contributed by atoms with Crippen molar-refractivity contribution in [3.05, 3.63) is 53.6 Å². The predicted octanol–water partition coefficient (Wildman–Crippen LogP) is 2.99. The summed E-state index contributed by atoms with van der Waals surface area (Å²) >= 11 is 6.04. The normalized spacial score (nSPS) is 13.0. The van der Waals surface area contributed by atoms with Crippen molar-refractivity contribution in [2.75, 3.05) is 38.3 Å². The number of fused-ring (bicyclic) bond motifs is 1. The number of likely N-dealkylation sites (N-methyl/N-ethyl adjacent to an activating group) is 1. The number of anilines is 1. The fourth-order valence-electron chi connectivity index (χ4n) is 2.78. The molecule has 0 saturated heterocycles. The van der Waals surface area contributed by atoms with Gasteiger partial charge in [-0.3, -0.25) is 9.59 Å². The zero-order valence-electron chi connectivity index (χ0n) is 15.1. The van der Waals surface area contributed by atoms with Gasteiger partial charge in [-0.05, 0) is 24.3 Å². The van der Waals surface area contributed by atoms with E-state index in [2.05, 4.69) is 0 Å². The second kappa shape index (κ2) is 8.77. The van der Waals surface area contributed by atoms with Crippen molar-refractivity contribution in [3.8, 4) is 11.5 Å². The van der Waals surface area contributed by atoms with Crippen LogP contribution in [-0.4, -0.2) is 50.1 Å². The van der Waals surface area contributed by atoms with Crippen LogP contribution in [0.3, 0.4) is 0 Å². The number of rotatable bonds is 7. The van der Waals surface area contributed by atoms with Crippen molar-refractivity contribution in [3.63, 3.8) is 0 Å². The molecule has 7 heteroatoms. The monoisotopic (exact) mass is 388 g/mol. The summed E-state index contributed by atoms with van der Waals surface area (Å²) in [4.78, 5) is 27.7. The van der Waals surface area contributed by atoms with Crippen molar-refractivity contribution < 1.29 is 19.1 Å². The summed E-state index contributed by atoms with van der Waals surface area (Å²) in [5.74, 6) is 1.04. The number of carbonyl (C=O) groups excluding carboxylic acids is 2. The number of benzene rings is 2. The molecule has 0 N–H and O–H groups in total. The lowest BCUT2D eigenvalue weighted by Gasteiger charge is -2.29. The molecule has 2 aromatic carbocycles. The first-order chi connectivity index (χ1) is 13.1. The van der Waals surface area contributed by atoms with Gasteiger partial charge in [-0.1, -0.05) is 35.9 Å². The lowest BCUT2D eigenvalue weighted by molar-refractivity contribution is -0.130. The third kappa shape index (κ3) is 4.71. The molecule has 0 atom stereocenters. The van der Waals surface area contributed by atoms with Crippen LogP contribution in [-0.2, 0) is 9.59 Å². The van der Waals surface area contributed by atoms with Gasteiger partial charge < -0.3 is 19.3 Å². The van der Waals surface area contributed by atoms with Gasteiger partial charge in [0.2, 0.25) is 5.91 Å². The summed E-state index contributed by atoms with van der Waals surface area (Å²) in [6.45, 7) is 1.07. The van der Waals surface area contributed by atoms with E-state index in [0.29, 0.717) is 41.9 Å². The van der Waals surface area contributed by atoms with Crippen LogP contribution in [0.5, 0.6) is 11.5 Å². The van der Waals surface area contributed by atoms with Gasteiger partial charge >= 0.3 is 0 Å². The lowest BCUT2D eigenvalue weighted by atomic mass is 10.2. The van der Waals surface area contributed by atoms with Crippen LogP contribution in [0.2, 0.25) is 5.02 Å². The minimum atomic E-state index is -0.147. The van der Waals surface area contributed by atoms with Crippen molar-refractivity contribution >= 4 is 29.1 Å². The van der Waals surface area contributed by atoms with Gasteiger partial charge in [0.05, 0.1) is 17.3 Å². The van der Waals surface area contributed by atoms with Gasteiger partial charge in [0.15, 0.2) is 6.61 Å². The van der Waals surface area contributed by atoms with Gasteiger partial charge in [-0.2, -0.15) is 0 Å². The summed E-state index contributed by atoms with van der Waals surface area (Å²) in [6.07, 6.45) is 0.225. The quantitative estimate of drug-likeness (QED) is 0.731. The highest BCUT2D eigenvalue weighted by atomic mass is 35.5. The maximum atomic E-state index is 12.4. The Morgan fingerprint density at radius 1 is 1.22 bits per heavy atom. The highest BCUT2D eigenvalue weighted by molar-refractivity contribution is 6.32. The average molecular weight is 389 g/mol. The largest absolute Gasteiger partial charge is 0.490 e. The second-order valence-electron chi connectivity index (χ2n) is 6.15. The molecule has 6 nitrogen and oxygen atoms in total. The predicted molar refractivity (Wildman–Crippen MR) is 103 cm³/mol. The van der Waals surface area contributed by atoms with Crippen LogP contribution in [0.25, 0.3) is 0 Å². The molecule has 142 valence electrons. The van der Waals surface area contributed by atoms with Crippen LogP contribution >= 0.6 is 11.6 Å².